The van der Waals surface area contributed by atoms with Gasteiger partial charge in [0.15, 0.2) is 6.61 Å². The number of rotatable bonds is 6. The number of halogens is 2. The molecule has 0 spiro atoms. The molecule has 0 aromatic heterocycles. The van der Waals surface area contributed by atoms with Crippen LogP contribution in [0.2, 0.25) is 5.02 Å². The molecule has 0 atom stereocenters. The zero-order valence-corrected chi connectivity index (χ0v) is 16.1. The molecule has 6 heteroatoms. The van der Waals surface area contributed by atoms with Gasteiger partial charge in [0.1, 0.15) is 11.5 Å². The van der Waals surface area contributed by atoms with Crippen LogP contribution in [0, 0.1) is 6.92 Å². The SMILES string of the molecule is COc1cccc(CN(C)C(=O)COc2c(C)cc(Br)cc2Cl)c1. The van der Waals surface area contributed by atoms with Gasteiger partial charge < -0.3 is 14.4 Å². The maximum atomic E-state index is 12.3. The number of carbonyl (C=O) groups excluding carboxylic acids is 1. The van der Waals surface area contributed by atoms with Crippen LogP contribution in [0.4, 0.5) is 0 Å². The summed E-state index contributed by atoms with van der Waals surface area (Å²) >= 11 is 9.54. The molecule has 0 aliphatic carbocycles. The molecular weight excluding hydrogens is 394 g/mol. The molecule has 2 aromatic carbocycles. The molecule has 4 nitrogen and oxygen atoms in total. The van der Waals surface area contributed by atoms with Crippen molar-refractivity contribution in [2.75, 3.05) is 20.8 Å². The van der Waals surface area contributed by atoms with E-state index in [1.54, 1.807) is 25.1 Å². The first-order chi connectivity index (χ1) is 11.4. The van der Waals surface area contributed by atoms with Crippen LogP contribution >= 0.6 is 27.5 Å². The van der Waals surface area contributed by atoms with Gasteiger partial charge in [0.2, 0.25) is 0 Å². The molecule has 1 amide bonds. The summed E-state index contributed by atoms with van der Waals surface area (Å²) in [6, 6.07) is 11.3. The quantitative estimate of drug-likeness (QED) is 0.703. The number of likely N-dealkylation sites (N-methyl/N-ethyl adjacent to an activating group) is 1. The van der Waals surface area contributed by atoms with Crippen LogP contribution in [-0.4, -0.2) is 31.6 Å². The molecule has 128 valence electrons. The summed E-state index contributed by atoms with van der Waals surface area (Å²) < 4.78 is 11.7. The molecular formula is C18H19BrClNO3. The maximum Gasteiger partial charge on any atom is 0.260 e. The average Bonchev–Trinajstić information content (AvgIpc) is 2.53. The van der Waals surface area contributed by atoms with E-state index in [-0.39, 0.29) is 12.5 Å². The van der Waals surface area contributed by atoms with Gasteiger partial charge in [-0.3, -0.25) is 4.79 Å². The largest absolute Gasteiger partial charge is 0.497 e. The number of methoxy groups -OCH3 is 1. The first-order valence-corrected chi connectivity index (χ1v) is 8.53. The molecule has 24 heavy (non-hydrogen) atoms. The van der Waals surface area contributed by atoms with E-state index in [4.69, 9.17) is 21.1 Å². The first kappa shape index (κ1) is 18.6. The van der Waals surface area contributed by atoms with Gasteiger partial charge in [-0.05, 0) is 42.3 Å². The highest BCUT2D eigenvalue weighted by Gasteiger charge is 2.13. The van der Waals surface area contributed by atoms with Gasteiger partial charge in [0.05, 0.1) is 12.1 Å². The predicted molar refractivity (Wildman–Crippen MR) is 98.9 cm³/mol. The lowest BCUT2D eigenvalue weighted by Crippen LogP contribution is -2.31. The molecule has 0 aliphatic rings. The van der Waals surface area contributed by atoms with Crippen molar-refractivity contribution in [3.8, 4) is 11.5 Å². The molecule has 0 fully saturated rings. The van der Waals surface area contributed by atoms with E-state index in [1.807, 2.05) is 37.3 Å². The summed E-state index contributed by atoms with van der Waals surface area (Å²) in [5.41, 5.74) is 1.86. The van der Waals surface area contributed by atoms with Crippen LogP contribution in [0.25, 0.3) is 0 Å². The normalized spacial score (nSPS) is 10.4. The summed E-state index contributed by atoms with van der Waals surface area (Å²) in [5.74, 6) is 1.17. The van der Waals surface area contributed by atoms with Crippen molar-refractivity contribution in [1.29, 1.82) is 0 Å². The van der Waals surface area contributed by atoms with Gasteiger partial charge in [-0.1, -0.05) is 39.7 Å². The standard InChI is InChI=1S/C18H19BrClNO3/c1-12-7-14(19)9-16(20)18(12)24-11-17(22)21(2)10-13-5-4-6-15(8-13)23-3/h4-9H,10-11H2,1-3H3. The highest BCUT2D eigenvalue weighted by molar-refractivity contribution is 9.10. The van der Waals surface area contributed by atoms with Crippen LogP contribution in [0.1, 0.15) is 11.1 Å². The number of nitrogens with zero attached hydrogens (tertiary/aromatic N) is 1. The lowest BCUT2D eigenvalue weighted by Gasteiger charge is -2.19. The summed E-state index contributed by atoms with van der Waals surface area (Å²) in [6.45, 7) is 2.30. The molecule has 0 bridgehead atoms. The molecule has 0 radical (unpaired) electrons. The summed E-state index contributed by atoms with van der Waals surface area (Å²) in [7, 11) is 3.35. The fourth-order valence-corrected chi connectivity index (χ4v) is 3.27. The zero-order valence-electron chi connectivity index (χ0n) is 13.8. The van der Waals surface area contributed by atoms with Crippen LogP contribution in [0.15, 0.2) is 40.9 Å². The minimum absolute atomic E-state index is 0.0668. The first-order valence-electron chi connectivity index (χ1n) is 7.36. The van der Waals surface area contributed by atoms with Crippen molar-refractivity contribution >= 4 is 33.4 Å². The van der Waals surface area contributed by atoms with Gasteiger partial charge in [-0.25, -0.2) is 0 Å². The van der Waals surface area contributed by atoms with Crippen molar-refractivity contribution in [2.24, 2.45) is 0 Å². The summed E-state index contributed by atoms with van der Waals surface area (Å²) in [4.78, 5) is 13.9. The fraction of sp³-hybridized carbons (Fsp3) is 0.278. The van der Waals surface area contributed by atoms with Crippen LogP contribution < -0.4 is 9.47 Å². The van der Waals surface area contributed by atoms with E-state index in [0.29, 0.717) is 17.3 Å². The van der Waals surface area contributed by atoms with Gasteiger partial charge in [-0.15, -0.1) is 0 Å². The Kier molecular flexibility index (Phi) is 6.52. The third-order valence-corrected chi connectivity index (χ3v) is 4.25. The van der Waals surface area contributed by atoms with Crippen LogP contribution in [0.3, 0.4) is 0 Å². The van der Waals surface area contributed by atoms with Crippen LogP contribution in [-0.2, 0) is 11.3 Å². The third kappa shape index (κ3) is 4.89. The lowest BCUT2D eigenvalue weighted by molar-refractivity contribution is -0.132. The number of aryl methyl sites for hydroxylation is 1. The van der Waals surface area contributed by atoms with E-state index in [1.165, 1.54) is 0 Å². The molecule has 0 heterocycles. The molecule has 0 aliphatic heterocycles. The Balaban J connectivity index is 1.97. The monoisotopic (exact) mass is 411 g/mol. The Labute approximate surface area is 155 Å². The molecule has 0 unspecified atom stereocenters. The van der Waals surface area contributed by atoms with E-state index < -0.39 is 0 Å². The highest BCUT2D eigenvalue weighted by Crippen LogP contribution is 2.32. The van der Waals surface area contributed by atoms with Crippen molar-refractivity contribution in [1.82, 2.24) is 4.90 Å². The van der Waals surface area contributed by atoms with Crippen LogP contribution in [0.5, 0.6) is 11.5 Å². The predicted octanol–water partition coefficient (Wildman–Crippen LogP) is 4.46. The zero-order chi connectivity index (χ0) is 17.7. The molecule has 0 saturated carbocycles. The smallest absolute Gasteiger partial charge is 0.260 e. The summed E-state index contributed by atoms with van der Waals surface area (Å²) in [5, 5.41) is 0.477. The van der Waals surface area contributed by atoms with Gasteiger partial charge in [0, 0.05) is 18.1 Å². The lowest BCUT2D eigenvalue weighted by atomic mass is 10.2. The van der Waals surface area contributed by atoms with E-state index in [2.05, 4.69) is 15.9 Å². The van der Waals surface area contributed by atoms with Crippen molar-refractivity contribution in [3.05, 3.63) is 57.0 Å². The van der Waals surface area contributed by atoms with Crippen molar-refractivity contribution in [2.45, 2.75) is 13.5 Å². The Morgan fingerprint density at radius 1 is 1.29 bits per heavy atom. The highest BCUT2D eigenvalue weighted by atomic mass is 79.9. The number of carbonyl (C=O) groups is 1. The Morgan fingerprint density at radius 2 is 2.04 bits per heavy atom. The fourth-order valence-electron chi connectivity index (χ4n) is 2.25. The third-order valence-electron chi connectivity index (χ3n) is 3.51. The number of amides is 1. The van der Waals surface area contributed by atoms with E-state index in [9.17, 15) is 4.79 Å². The van der Waals surface area contributed by atoms with Crippen molar-refractivity contribution in [3.63, 3.8) is 0 Å². The molecule has 2 rings (SSSR count). The van der Waals surface area contributed by atoms with E-state index in [0.717, 1.165) is 21.3 Å². The Morgan fingerprint density at radius 3 is 2.71 bits per heavy atom. The number of hydrogen-bond acceptors (Lipinski definition) is 3. The maximum absolute atomic E-state index is 12.3. The number of benzene rings is 2. The topological polar surface area (TPSA) is 38.8 Å². The summed E-state index contributed by atoms with van der Waals surface area (Å²) in [6.07, 6.45) is 0. The molecule has 0 N–H and O–H groups in total. The number of ether oxygens (including phenoxy) is 2. The van der Waals surface area contributed by atoms with Gasteiger partial charge in [0.25, 0.3) is 5.91 Å². The second-order valence-corrected chi connectivity index (χ2v) is 6.75. The Hall–Kier alpha value is -1.72. The second kappa shape index (κ2) is 8.40. The van der Waals surface area contributed by atoms with E-state index >= 15 is 0 Å². The van der Waals surface area contributed by atoms with Gasteiger partial charge in [-0.2, -0.15) is 0 Å². The minimum Gasteiger partial charge on any atom is -0.497 e. The minimum atomic E-state index is -0.129. The van der Waals surface area contributed by atoms with Crippen molar-refractivity contribution < 1.29 is 14.3 Å². The number of hydrogen-bond donors (Lipinski definition) is 0. The Bertz CT molecular complexity index is 713. The average molecular weight is 413 g/mol. The van der Waals surface area contributed by atoms with Gasteiger partial charge >= 0.3 is 0 Å². The molecule has 2 aromatic rings. The second-order valence-electron chi connectivity index (χ2n) is 5.42. The molecule has 0 saturated heterocycles.